The Kier molecular flexibility index (Phi) is 3.62. The fraction of sp³-hybridized carbons (Fsp3) is 0.583. The van der Waals surface area contributed by atoms with Crippen molar-refractivity contribution >= 4 is 5.91 Å². The Labute approximate surface area is 95.4 Å². The molecule has 2 rings (SSSR count). The summed E-state index contributed by atoms with van der Waals surface area (Å²) >= 11 is 0. The second-order valence-electron chi connectivity index (χ2n) is 4.35. The average molecular weight is 222 g/mol. The topological polar surface area (TPSA) is 54.3 Å². The molecule has 0 bridgehead atoms. The maximum atomic E-state index is 11.7. The molecule has 16 heavy (non-hydrogen) atoms. The lowest BCUT2D eigenvalue weighted by Gasteiger charge is -2.28. The average Bonchev–Trinajstić information content (AvgIpc) is 2.83. The van der Waals surface area contributed by atoms with Crippen LogP contribution in [0.3, 0.4) is 0 Å². The van der Waals surface area contributed by atoms with E-state index in [4.69, 9.17) is 4.42 Å². The first-order chi connectivity index (χ1) is 7.77. The number of rotatable bonds is 3. The Balaban J connectivity index is 1.86. The van der Waals surface area contributed by atoms with E-state index >= 15 is 0 Å². The highest BCUT2D eigenvalue weighted by molar-refractivity contribution is 5.91. The highest BCUT2D eigenvalue weighted by Gasteiger charge is 2.22. The smallest absolute Gasteiger partial charge is 0.287 e. The van der Waals surface area contributed by atoms with Crippen molar-refractivity contribution in [1.29, 1.82) is 0 Å². The summed E-state index contributed by atoms with van der Waals surface area (Å²) in [5.74, 6) is 0.784. The number of furan rings is 1. The van der Waals surface area contributed by atoms with Crippen LogP contribution in [0.25, 0.3) is 0 Å². The molecule has 0 spiro atoms. The first-order valence-corrected chi connectivity index (χ1v) is 5.82. The molecule has 0 aliphatic carbocycles. The van der Waals surface area contributed by atoms with Gasteiger partial charge in [0.25, 0.3) is 5.91 Å². The van der Waals surface area contributed by atoms with Crippen molar-refractivity contribution < 1.29 is 9.21 Å². The van der Waals surface area contributed by atoms with Crippen LogP contribution in [0.5, 0.6) is 0 Å². The molecule has 4 heteroatoms. The Hall–Kier alpha value is -1.29. The molecule has 88 valence electrons. The first-order valence-electron chi connectivity index (χ1n) is 5.82. The molecule has 0 radical (unpaired) electrons. The van der Waals surface area contributed by atoms with Crippen LogP contribution >= 0.6 is 0 Å². The quantitative estimate of drug-likeness (QED) is 0.812. The van der Waals surface area contributed by atoms with Gasteiger partial charge in [-0.2, -0.15) is 0 Å². The van der Waals surface area contributed by atoms with Gasteiger partial charge < -0.3 is 15.1 Å². The lowest BCUT2D eigenvalue weighted by molar-refractivity contribution is 0.0894. The van der Waals surface area contributed by atoms with Crippen LogP contribution in [0, 0.1) is 5.92 Å². The number of carbonyl (C=O) groups is 1. The molecule has 1 aromatic rings. The predicted octanol–water partition coefficient (Wildman–Crippen LogP) is 1.40. The van der Waals surface area contributed by atoms with Crippen molar-refractivity contribution in [2.24, 2.45) is 5.92 Å². The first kappa shape index (κ1) is 11.2. The van der Waals surface area contributed by atoms with Gasteiger partial charge in [0.15, 0.2) is 5.76 Å². The minimum absolute atomic E-state index is 0.122. The van der Waals surface area contributed by atoms with Gasteiger partial charge in [-0.1, -0.05) is 0 Å². The summed E-state index contributed by atoms with van der Waals surface area (Å²) in [7, 11) is 0. The van der Waals surface area contributed by atoms with Crippen LogP contribution in [0.1, 0.15) is 30.3 Å². The lowest BCUT2D eigenvalue weighted by Crippen LogP contribution is -2.44. The number of amides is 1. The van der Waals surface area contributed by atoms with Crippen molar-refractivity contribution in [3.63, 3.8) is 0 Å². The summed E-state index contributed by atoms with van der Waals surface area (Å²) < 4.78 is 5.06. The monoisotopic (exact) mass is 222 g/mol. The van der Waals surface area contributed by atoms with Gasteiger partial charge in [0.2, 0.25) is 0 Å². The fourth-order valence-electron chi connectivity index (χ4n) is 2.11. The molecule has 1 aromatic heterocycles. The summed E-state index contributed by atoms with van der Waals surface area (Å²) in [6, 6.07) is 3.59. The highest BCUT2D eigenvalue weighted by Crippen LogP contribution is 2.14. The SMILES string of the molecule is CC(NC(=O)c1ccco1)C1CCCNC1. The van der Waals surface area contributed by atoms with Gasteiger partial charge in [-0.05, 0) is 50.9 Å². The third-order valence-corrected chi connectivity index (χ3v) is 3.15. The third-order valence-electron chi connectivity index (χ3n) is 3.15. The Morgan fingerprint density at radius 3 is 3.19 bits per heavy atom. The van der Waals surface area contributed by atoms with Gasteiger partial charge in [-0.25, -0.2) is 0 Å². The second kappa shape index (κ2) is 5.16. The molecule has 2 atom stereocenters. The van der Waals surface area contributed by atoms with Crippen molar-refractivity contribution in [2.45, 2.75) is 25.8 Å². The van der Waals surface area contributed by atoms with E-state index in [0.717, 1.165) is 13.1 Å². The largest absolute Gasteiger partial charge is 0.459 e. The van der Waals surface area contributed by atoms with E-state index in [1.165, 1.54) is 19.1 Å². The van der Waals surface area contributed by atoms with Gasteiger partial charge in [0, 0.05) is 6.04 Å². The highest BCUT2D eigenvalue weighted by atomic mass is 16.3. The fourth-order valence-corrected chi connectivity index (χ4v) is 2.11. The van der Waals surface area contributed by atoms with Crippen LogP contribution in [-0.2, 0) is 0 Å². The number of carbonyl (C=O) groups excluding carboxylic acids is 1. The zero-order valence-electron chi connectivity index (χ0n) is 9.53. The van der Waals surface area contributed by atoms with Gasteiger partial charge in [-0.15, -0.1) is 0 Å². The van der Waals surface area contributed by atoms with Crippen LogP contribution in [-0.4, -0.2) is 25.0 Å². The number of hydrogen-bond donors (Lipinski definition) is 2. The van der Waals surface area contributed by atoms with Crippen molar-refractivity contribution in [3.8, 4) is 0 Å². The zero-order chi connectivity index (χ0) is 11.4. The van der Waals surface area contributed by atoms with Gasteiger partial charge in [-0.3, -0.25) is 4.79 Å². The molecular formula is C12H18N2O2. The third kappa shape index (κ3) is 2.64. The Bertz CT molecular complexity index is 329. The number of piperidine rings is 1. The predicted molar refractivity (Wildman–Crippen MR) is 61.2 cm³/mol. The summed E-state index contributed by atoms with van der Waals surface area (Å²) in [5.41, 5.74) is 0. The molecule has 2 N–H and O–H groups in total. The van der Waals surface area contributed by atoms with E-state index < -0.39 is 0 Å². The standard InChI is InChI=1S/C12H18N2O2/c1-9(10-4-2-6-13-8-10)14-12(15)11-5-3-7-16-11/h3,5,7,9-10,13H,2,4,6,8H2,1H3,(H,14,15). The molecule has 1 amide bonds. The van der Waals surface area contributed by atoms with E-state index in [9.17, 15) is 4.79 Å². The van der Waals surface area contributed by atoms with Crippen LogP contribution < -0.4 is 10.6 Å². The summed E-state index contributed by atoms with van der Waals surface area (Å²) in [6.07, 6.45) is 3.87. The minimum atomic E-state index is -0.122. The van der Waals surface area contributed by atoms with Crippen molar-refractivity contribution in [3.05, 3.63) is 24.2 Å². The maximum Gasteiger partial charge on any atom is 0.287 e. The molecule has 1 fully saturated rings. The zero-order valence-corrected chi connectivity index (χ0v) is 9.53. The van der Waals surface area contributed by atoms with E-state index in [1.54, 1.807) is 12.1 Å². The van der Waals surface area contributed by atoms with E-state index in [2.05, 4.69) is 17.6 Å². The van der Waals surface area contributed by atoms with E-state index in [1.807, 2.05) is 0 Å². The minimum Gasteiger partial charge on any atom is -0.459 e. The normalized spacial score (nSPS) is 22.7. The Morgan fingerprint density at radius 2 is 2.56 bits per heavy atom. The molecular weight excluding hydrogens is 204 g/mol. The van der Waals surface area contributed by atoms with Crippen LogP contribution in [0.4, 0.5) is 0 Å². The molecule has 1 saturated heterocycles. The summed E-state index contributed by atoms with van der Waals surface area (Å²) in [5, 5.41) is 6.33. The molecule has 1 aliphatic heterocycles. The van der Waals surface area contributed by atoms with Crippen molar-refractivity contribution in [1.82, 2.24) is 10.6 Å². The van der Waals surface area contributed by atoms with Crippen LogP contribution in [0.2, 0.25) is 0 Å². The van der Waals surface area contributed by atoms with Gasteiger partial charge in [0.05, 0.1) is 6.26 Å². The molecule has 0 aromatic carbocycles. The molecule has 2 heterocycles. The lowest BCUT2D eigenvalue weighted by atomic mass is 9.93. The van der Waals surface area contributed by atoms with E-state index in [-0.39, 0.29) is 11.9 Å². The van der Waals surface area contributed by atoms with Gasteiger partial charge in [0.1, 0.15) is 0 Å². The van der Waals surface area contributed by atoms with Crippen molar-refractivity contribution in [2.75, 3.05) is 13.1 Å². The summed E-state index contributed by atoms with van der Waals surface area (Å²) in [4.78, 5) is 11.7. The van der Waals surface area contributed by atoms with Crippen LogP contribution in [0.15, 0.2) is 22.8 Å². The molecule has 1 aliphatic rings. The molecule has 0 saturated carbocycles. The summed E-state index contributed by atoms with van der Waals surface area (Å²) in [6.45, 7) is 4.13. The molecule has 4 nitrogen and oxygen atoms in total. The maximum absolute atomic E-state index is 11.7. The number of hydrogen-bond acceptors (Lipinski definition) is 3. The van der Waals surface area contributed by atoms with Gasteiger partial charge >= 0.3 is 0 Å². The van der Waals surface area contributed by atoms with E-state index in [0.29, 0.717) is 11.7 Å². The molecule has 2 unspecified atom stereocenters. The Morgan fingerprint density at radius 1 is 1.69 bits per heavy atom. The number of nitrogens with one attached hydrogen (secondary N) is 2. The second-order valence-corrected chi connectivity index (χ2v) is 4.35.